The molecule has 0 unspecified atom stereocenters. The smallest absolute Gasteiger partial charge is 0.491 e. The van der Waals surface area contributed by atoms with Crippen molar-refractivity contribution < 1.29 is 41.7 Å². The summed E-state index contributed by atoms with van der Waals surface area (Å²) in [4.78, 5) is 28.7. The highest BCUT2D eigenvalue weighted by Gasteiger charge is 2.44. The number of carbonyl (C=O) groups excluding carboxylic acids is 2. The van der Waals surface area contributed by atoms with Crippen LogP contribution in [0.4, 0.5) is 13.2 Å². The van der Waals surface area contributed by atoms with Crippen LogP contribution < -0.4 is 14.2 Å². The first-order valence-corrected chi connectivity index (χ1v) is 13.5. The number of alkyl halides is 3. The van der Waals surface area contributed by atoms with Gasteiger partial charge in [0, 0.05) is 30.0 Å². The third-order valence-electron chi connectivity index (χ3n) is 6.71. The number of carbonyl (C=O) groups is 2. The largest absolute Gasteiger partial charge is 0.493 e. The van der Waals surface area contributed by atoms with Gasteiger partial charge in [-0.2, -0.15) is 13.2 Å². The molecule has 208 valence electrons. The van der Waals surface area contributed by atoms with Crippen molar-refractivity contribution in [3.05, 3.63) is 35.0 Å². The molecule has 3 heterocycles. The third kappa shape index (κ3) is 7.16. The number of ether oxygens (including phenoxy) is 4. The number of halogens is 3. The highest BCUT2D eigenvalue weighted by molar-refractivity contribution is 7.13. The van der Waals surface area contributed by atoms with Crippen molar-refractivity contribution in [1.82, 2.24) is 9.88 Å². The number of hydrogen-bond acceptors (Lipinski definition) is 9. The van der Waals surface area contributed by atoms with Gasteiger partial charge in [-0.25, -0.2) is 9.78 Å². The highest BCUT2D eigenvalue weighted by atomic mass is 32.1. The number of aryl methyl sites for hydroxylation is 1. The molecule has 2 aliphatic rings. The van der Waals surface area contributed by atoms with E-state index in [1.54, 1.807) is 17.5 Å². The van der Waals surface area contributed by atoms with E-state index in [-0.39, 0.29) is 18.4 Å². The molecule has 0 radical (unpaired) electrons. The lowest BCUT2D eigenvalue weighted by Crippen LogP contribution is -2.44. The Morgan fingerprint density at radius 3 is 2.68 bits per heavy atom. The molecule has 0 amide bonds. The number of piperidine rings is 1. The fourth-order valence-electron chi connectivity index (χ4n) is 4.64. The molecule has 4 rings (SSSR count). The second-order valence-corrected chi connectivity index (χ2v) is 10.5. The number of esters is 2. The highest BCUT2D eigenvalue weighted by Crippen LogP contribution is 2.46. The molecule has 0 saturated carbocycles. The Morgan fingerprint density at radius 2 is 1.95 bits per heavy atom. The zero-order valence-electron chi connectivity index (χ0n) is 21.2. The first-order valence-electron chi connectivity index (χ1n) is 12.7. The lowest BCUT2D eigenvalue weighted by molar-refractivity contribution is -0.201. The van der Waals surface area contributed by atoms with Crippen LogP contribution in [0.1, 0.15) is 49.6 Å². The van der Waals surface area contributed by atoms with Crippen molar-refractivity contribution in [3.63, 3.8) is 0 Å². The Bertz CT molecular complexity index is 1110. The minimum atomic E-state index is -5.18. The van der Waals surface area contributed by atoms with E-state index in [2.05, 4.69) is 16.6 Å². The normalized spacial score (nSPS) is 16.6. The molecule has 0 atom stereocenters. The van der Waals surface area contributed by atoms with Gasteiger partial charge < -0.3 is 23.8 Å². The zero-order valence-corrected chi connectivity index (χ0v) is 22.0. The molecule has 1 spiro atoms. The van der Waals surface area contributed by atoms with Crippen molar-refractivity contribution in [2.24, 2.45) is 0 Å². The van der Waals surface area contributed by atoms with E-state index in [1.807, 2.05) is 23.1 Å². The van der Waals surface area contributed by atoms with E-state index < -0.39 is 18.1 Å². The van der Waals surface area contributed by atoms with Gasteiger partial charge in [-0.15, -0.1) is 0 Å². The van der Waals surface area contributed by atoms with Gasteiger partial charge in [-0.05, 0) is 44.8 Å². The molecule has 1 aromatic heterocycles. The molecule has 38 heavy (non-hydrogen) atoms. The summed E-state index contributed by atoms with van der Waals surface area (Å²) in [5.74, 6) is -2.12. The fraction of sp³-hybridized carbons (Fsp3) is 0.577. The first kappa shape index (κ1) is 28.2. The fourth-order valence-corrected chi connectivity index (χ4v) is 5.53. The molecule has 2 aromatic rings. The number of aromatic nitrogens is 1. The van der Waals surface area contributed by atoms with E-state index >= 15 is 0 Å². The second-order valence-electron chi connectivity index (χ2n) is 9.45. The van der Waals surface area contributed by atoms with Crippen molar-refractivity contribution in [2.75, 3.05) is 39.5 Å². The van der Waals surface area contributed by atoms with Gasteiger partial charge in [0.15, 0.2) is 5.06 Å². The van der Waals surface area contributed by atoms with Crippen LogP contribution in [0.3, 0.4) is 0 Å². The van der Waals surface area contributed by atoms with Crippen LogP contribution in [-0.2, 0) is 26.2 Å². The van der Waals surface area contributed by atoms with Crippen LogP contribution in [0.5, 0.6) is 16.6 Å². The summed E-state index contributed by atoms with van der Waals surface area (Å²) in [6.45, 7) is 5.26. The van der Waals surface area contributed by atoms with Crippen LogP contribution in [0, 0.1) is 0 Å². The predicted molar refractivity (Wildman–Crippen MR) is 133 cm³/mol. The van der Waals surface area contributed by atoms with Crippen molar-refractivity contribution in [3.8, 4) is 16.6 Å². The molecule has 1 aromatic carbocycles. The predicted octanol–water partition coefficient (Wildman–Crippen LogP) is 4.69. The molecule has 2 aliphatic heterocycles. The third-order valence-corrected chi connectivity index (χ3v) is 7.68. The zero-order chi connectivity index (χ0) is 27.2. The maximum atomic E-state index is 12.2. The summed E-state index contributed by atoms with van der Waals surface area (Å²) in [5.41, 5.74) is 0.979. The van der Waals surface area contributed by atoms with Gasteiger partial charge in [0.05, 0.1) is 37.4 Å². The molecular formula is C26H31F3N2O6S. The Balaban J connectivity index is 1.18. The molecule has 1 fully saturated rings. The van der Waals surface area contributed by atoms with Gasteiger partial charge in [0.1, 0.15) is 11.5 Å². The van der Waals surface area contributed by atoms with Gasteiger partial charge in [0.25, 0.3) is 0 Å². The van der Waals surface area contributed by atoms with Crippen LogP contribution >= 0.6 is 11.3 Å². The van der Waals surface area contributed by atoms with Gasteiger partial charge in [-0.3, -0.25) is 4.79 Å². The Kier molecular flexibility index (Phi) is 9.14. The quantitative estimate of drug-likeness (QED) is 0.224. The second kappa shape index (κ2) is 12.3. The molecule has 0 N–H and O–H groups in total. The molecule has 0 bridgehead atoms. The number of benzene rings is 1. The van der Waals surface area contributed by atoms with Gasteiger partial charge >= 0.3 is 18.1 Å². The minimum Gasteiger partial charge on any atom is -0.493 e. The summed E-state index contributed by atoms with van der Waals surface area (Å²) in [6, 6.07) is 5.89. The lowest BCUT2D eigenvalue weighted by Gasteiger charge is -2.38. The summed E-state index contributed by atoms with van der Waals surface area (Å²) < 4.78 is 58.2. The molecule has 8 nitrogen and oxygen atoms in total. The standard InChI is InChI=1S/C26H31F3N2O6S/c1-2-4-21-30-16-23(38-21)35-14-3-13-34-18-5-6-19-20(15-18)36-17-25(19)8-11-31(12-9-25)10-7-22(32)37-24(33)26(27,28)29/h5-6,15-16H,2-4,7-14,17H2,1H3. The van der Waals surface area contributed by atoms with E-state index in [0.717, 1.165) is 59.2 Å². The van der Waals surface area contributed by atoms with E-state index in [0.29, 0.717) is 32.9 Å². The molecule has 0 aliphatic carbocycles. The maximum Gasteiger partial charge on any atom is 0.491 e. The molecular weight excluding hydrogens is 525 g/mol. The number of rotatable bonds is 11. The van der Waals surface area contributed by atoms with Crippen LogP contribution in [0.2, 0.25) is 0 Å². The molecule has 12 heteroatoms. The summed E-state index contributed by atoms with van der Waals surface area (Å²) in [6.07, 6.45) is 0.632. The van der Waals surface area contributed by atoms with Crippen molar-refractivity contribution in [2.45, 2.75) is 57.0 Å². The number of nitrogens with zero attached hydrogens (tertiary/aromatic N) is 2. The summed E-state index contributed by atoms with van der Waals surface area (Å²) >= 11 is 1.58. The number of fused-ring (bicyclic) bond motifs is 2. The van der Waals surface area contributed by atoms with E-state index in [4.69, 9.17) is 14.2 Å². The average Bonchev–Trinajstić information content (AvgIpc) is 3.47. The van der Waals surface area contributed by atoms with Gasteiger partial charge in [0.2, 0.25) is 0 Å². The summed E-state index contributed by atoms with van der Waals surface area (Å²) in [5, 5.41) is 1.91. The monoisotopic (exact) mass is 556 g/mol. The maximum absolute atomic E-state index is 12.2. The van der Waals surface area contributed by atoms with Crippen molar-refractivity contribution >= 4 is 23.3 Å². The molecule has 1 saturated heterocycles. The average molecular weight is 557 g/mol. The number of hydrogen-bond donors (Lipinski definition) is 0. The van der Waals surface area contributed by atoms with Crippen LogP contribution in [0.15, 0.2) is 24.4 Å². The van der Waals surface area contributed by atoms with Crippen LogP contribution in [0.25, 0.3) is 0 Å². The Labute approximate surface area is 223 Å². The topological polar surface area (TPSA) is 87.2 Å². The minimum absolute atomic E-state index is 0.143. The number of likely N-dealkylation sites (tertiary alicyclic amines) is 1. The van der Waals surface area contributed by atoms with Crippen LogP contribution in [-0.4, -0.2) is 67.5 Å². The Morgan fingerprint density at radius 1 is 1.18 bits per heavy atom. The summed E-state index contributed by atoms with van der Waals surface area (Å²) in [7, 11) is 0. The lowest BCUT2D eigenvalue weighted by atomic mass is 9.74. The van der Waals surface area contributed by atoms with E-state index in [1.165, 1.54) is 0 Å². The van der Waals surface area contributed by atoms with E-state index in [9.17, 15) is 22.8 Å². The Hall–Kier alpha value is -2.86. The SMILES string of the molecule is CCCc1ncc(OCCCOc2ccc3c(c2)OCC32CCN(CCC(=O)OC(=O)C(F)(F)F)CC2)s1. The van der Waals surface area contributed by atoms with Gasteiger partial charge in [-0.1, -0.05) is 24.3 Å². The van der Waals surface area contributed by atoms with Crippen molar-refractivity contribution in [1.29, 1.82) is 0 Å². The number of thiazole rings is 1. The first-order chi connectivity index (χ1) is 18.2.